The average molecular weight is 436 g/mol. The first-order valence-electron chi connectivity index (χ1n) is 10.8. The highest BCUT2D eigenvalue weighted by Gasteiger charge is 2.50. The first-order chi connectivity index (χ1) is 14.3. The maximum atomic E-state index is 13.5. The van der Waals surface area contributed by atoms with Gasteiger partial charge in [0, 0.05) is 38.4 Å². The molecule has 1 atom stereocenters. The molecule has 1 aliphatic carbocycles. The lowest BCUT2D eigenvalue weighted by atomic mass is 9.78. The number of hydrogen-bond acceptors (Lipinski definition) is 4. The van der Waals surface area contributed by atoms with Gasteiger partial charge in [0.25, 0.3) is 0 Å². The van der Waals surface area contributed by atoms with Gasteiger partial charge in [0.2, 0.25) is 5.91 Å². The van der Waals surface area contributed by atoms with Crippen LogP contribution in [0.25, 0.3) is 0 Å². The predicted octanol–water partition coefficient (Wildman–Crippen LogP) is 3.58. The van der Waals surface area contributed by atoms with Crippen molar-refractivity contribution in [2.45, 2.75) is 57.1 Å². The monoisotopic (exact) mass is 435 g/mol. The summed E-state index contributed by atoms with van der Waals surface area (Å²) in [5, 5.41) is 19.5. The number of nitrogens with zero attached hydrogens (tertiary/aromatic N) is 3. The van der Waals surface area contributed by atoms with E-state index < -0.39 is 6.09 Å². The molecule has 3 aliphatic rings. The van der Waals surface area contributed by atoms with E-state index in [2.05, 4.69) is 9.80 Å². The molecule has 0 bridgehead atoms. The van der Waals surface area contributed by atoms with Crippen LogP contribution in [0.5, 0.6) is 0 Å². The SMILES string of the molecule is CN(C(=O)O)c1ccc(N2CCCC3(CCN(C4CCC(O)CC4)C3=O)C2)c(Cl)c1. The topological polar surface area (TPSA) is 84.3 Å². The Morgan fingerprint density at radius 3 is 2.60 bits per heavy atom. The van der Waals surface area contributed by atoms with Crippen LogP contribution < -0.4 is 9.80 Å². The number of anilines is 2. The van der Waals surface area contributed by atoms with Crippen molar-refractivity contribution in [2.24, 2.45) is 5.41 Å². The number of hydrogen-bond donors (Lipinski definition) is 2. The molecule has 0 radical (unpaired) electrons. The third-order valence-electron chi connectivity index (χ3n) is 7.18. The fourth-order valence-electron chi connectivity index (χ4n) is 5.35. The van der Waals surface area contributed by atoms with E-state index in [1.54, 1.807) is 12.1 Å². The third-order valence-corrected chi connectivity index (χ3v) is 7.48. The van der Waals surface area contributed by atoms with Crippen molar-refractivity contribution in [2.75, 3.05) is 36.5 Å². The molecule has 8 heteroatoms. The molecule has 7 nitrogen and oxygen atoms in total. The molecule has 4 rings (SSSR count). The summed E-state index contributed by atoms with van der Waals surface area (Å²) >= 11 is 6.53. The average Bonchev–Trinajstić information content (AvgIpc) is 3.03. The van der Waals surface area contributed by atoms with E-state index in [1.165, 1.54) is 7.05 Å². The second-order valence-corrected chi connectivity index (χ2v) is 9.40. The molecule has 3 fully saturated rings. The number of likely N-dealkylation sites (tertiary alicyclic amines) is 1. The molecule has 1 saturated carbocycles. The molecule has 2 N–H and O–H groups in total. The maximum Gasteiger partial charge on any atom is 0.411 e. The Bertz CT molecular complexity index is 827. The quantitative estimate of drug-likeness (QED) is 0.758. The lowest BCUT2D eigenvalue weighted by molar-refractivity contribution is -0.139. The molecular formula is C22H30ClN3O4. The van der Waals surface area contributed by atoms with Gasteiger partial charge in [-0.1, -0.05) is 11.6 Å². The van der Waals surface area contributed by atoms with Gasteiger partial charge >= 0.3 is 6.09 Å². The van der Waals surface area contributed by atoms with Crippen LogP contribution in [0, 0.1) is 5.41 Å². The summed E-state index contributed by atoms with van der Waals surface area (Å²) in [5.74, 6) is 0.256. The number of aliphatic hydroxyl groups is 1. The van der Waals surface area contributed by atoms with Crippen molar-refractivity contribution in [3.8, 4) is 0 Å². The smallest absolute Gasteiger partial charge is 0.411 e. The van der Waals surface area contributed by atoms with Crippen LogP contribution in [0.1, 0.15) is 44.9 Å². The summed E-state index contributed by atoms with van der Waals surface area (Å²) in [4.78, 5) is 30.1. The first kappa shape index (κ1) is 21.2. The minimum Gasteiger partial charge on any atom is -0.465 e. The van der Waals surface area contributed by atoms with Crippen LogP contribution in [-0.4, -0.2) is 65.9 Å². The summed E-state index contributed by atoms with van der Waals surface area (Å²) < 4.78 is 0. The van der Waals surface area contributed by atoms with Crippen LogP contribution in [0.3, 0.4) is 0 Å². The molecule has 2 aliphatic heterocycles. The van der Waals surface area contributed by atoms with E-state index >= 15 is 0 Å². The van der Waals surface area contributed by atoms with E-state index in [9.17, 15) is 19.8 Å². The van der Waals surface area contributed by atoms with Crippen molar-refractivity contribution < 1.29 is 19.8 Å². The molecule has 2 heterocycles. The lowest BCUT2D eigenvalue weighted by Crippen LogP contribution is -2.50. The normalized spacial score (nSPS) is 29.5. The standard InChI is InChI=1S/C22H30ClN3O4/c1-24(21(29)30)16-5-8-19(18(23)13-16)25-11-2-9-22(14-25)10-12-26(20(22)28)15-3-6-17(27)7-4-15/h5,8,13,15,17,27H,2-4,6-7,9-12,14H2,1H3,(H,29,30). The minimum atomic E-state index is -1.04. The van der Waals surface area contributed by atoms with E-state index in [0.717, 1.165) is 68.6 Å². The molecule has 1 unspecified atom stereocenters. The van der Waals surface area contributed by atoms with Crippen LogP contribution in [0.2, 0.25) is 5.02 Å². The van der Waals surface area contributed by atoms with Gasteiger partial charge in [-0.15, -0.1) is 0 Å². The zero-order valence-corrected chi connectivity index (χ0v) is 18.1. The third kappa shape index (κ3) is 3.85. The summed E-state index contributed by atoms with van der Waals surface area (Å²) in [5.41, 5.74) is 1.00. The number of rotatable bonds is 3. The van der Waals surface area contributed by atoms with Gasteiger partial charge in [-0.05, 0) is 63.1 Å². The van der Waals surface area contributed by atoms with E-state index in [1.807, 2.05) is 6.07 Å². The lowest BCUT2D eigenvalue weighted by Gasteiger charge is -2.41. The molecule has 0 aromatic heterocycles. The highest BCUT2D eigenvalue weighted by molar-refractivity contribution is 6.33. The van der Waals surface area contributed by atoms with Crippen molar-refractivity contribution in [1.82, 2.24) is 4.90 Å². The molecule has 2 amide bonds. The van der Waals surface area contributed by atoms with Crippen LogP contribution >= 0.6 is 11.6 Å². The number of piperidine rings is 1. The highest BCUT2D eigenvalue weighted by Crippen LogP contribution is 2.44. The van der Waals surface area contributed by atoms with Crippen molar-refractivity contribution in [3.63, 3.8) is 0 Å². The molecule has 30 heavy (non-hydrogen) atoms. The Morgan fingerprint density at radius 1 is 1.20 bits per heavy atom. The Labute approximate surface area is 182 Å². The molecular weight excluding hydrogens is 406 g/mol. The number of amides is 2. The predicted molar refractivity (Wildman–Crippen MR) is 116 cm³/mol. The Hall–Kier alpha value is -1.99. The number of halogens is 1. The van der Waals surface area contributed by atoms with Gasteiger partial charge in [0.15, 0.2) is 0 Å². The van der Waals surface area contributed by atoms with Crippen LogP contribution in [0.4, 0.5) is 16.2 Å². The highest BCUT2D eigenvalue weighted by atomic mass is 35.5. The van der Waals surface area contributed by atoms with Crippen molar-refractivity contribution in [3.05, 3.63) is 23.2 Å². The van der Waals surface area contributed by atoms with Crippen molar-refractivity contribution in [1.29, 1.82) is 0 Å². The molecule has 2 saturated heterocycles. The summed E-state index contributed by atoms with van der Waals surface area (Å²) in [7, 11) is 1.49. The second kappa shape index (κ2) is 8.27. The van der Waals surface area contributed by atoms with Gasteiger partial charge in [-0.3, -0.25) is 9.69 Å². The zero-order valence-electron chi connectivity index (χ0n) is 17.4. The summed E-state index contributed by atoms with van der Waals surface area (Å²) in [6.07, 6.45) is 4.75. The number of carbonyl (C=O) groups excluding carboxylic acids is 1. The molecule has 1 aromatic rings. The van der Waals surface area contributed by atoms with Gasteiger partial charge in [0.1, 0.15) is 0 Å². The van der Waals surface area contributed by atoms with Crippen molar-refractivity contribution >= 4 is 35.0 Å². The summed E-state index contributed by atoms with van der Waals surface area (Å²) in [6, 6.07) is 5.54. The fourth-order valence-corrected chi connectivity index (χ4v) is 5.65. The first-order valence-corrected chi connectivity index (χ1v) is 11.2. The van der Waals surface area contributed by atoms with E-state index in [4.69, 9.17) is 11.6 Å². The van der Waals surface area contributed by atoms with E-state index in [0.29, 0.717) is 17.3 Å². The maximum absolute atomic E-state index is 13.5. The summed E-state index contributed by atoms with van der Waals surface area (Å²) in [6.45, 7) is 2.27. The van der Waals surface area contributed by atoms with E-state index in [-0.39, 0.29) is 23.5 Å². The number of aliphatic hydroxyl groups excluding tert-OH is 1. The fraction of sp³-hybridized carbons (Fsp3) is 0.636. The van der Waals surface area contributed by atoms with Gasteiger partial charge in [0.05, 0.1) is 22.2 Å². The molecule has 164 valence electrons. The van der Waals surface area contributed by atoms with Gasteiger partial charge in [-0.25, -0.2) is 4.79 Å². The van der Waals surface area contributed by atoms with Gasteiger partial charge < -0.3 is 20.0 Å². The second-order valence-electron chi connectivity index (χ2n) is 8.99. The van der Waals surface area contributed by atoms with Crippen LogP contribution in [0.15, 0.2) is 18.2 Å². The largest absolute Gasteiger partial charge is 0.465 e. The number of carboxylic acid groups (broad SMARTS) is 1. The number of benzene rings is 1. The molecule has 1 spiro atoms. The Balaban J connectivity index is 1.49. The minimum absolute atomic E-state index is 0.219. The Kier molecular flexibility index (Phi) is 5.86. The molecule has 1 aromatic carbocycles. The van der Waals surface area contributed by atoms with Crippen LogP contribution in [-0.2, 0) is 4.79 Å². The van der Waals surface area contributed by atoms with Gasteiger partial charge in [-0.2, -0.15) is 0 Å². The zero-order chi connectivity index (χ0) is 21.5. The number of carbonyl (C=O) groups is 2. The Morgan fingerprint density at radius 2 is 1.93 bits per heavy atom.